The molecule has 1 aromatic heterocycles. The number of nitrogens with zero attached hydrogens (tertiary/aromatic N) is 4. The molecule has 2 fully saturated rings. The van der Waals surface area contributed by atoms with E-state index in [-0.39, 0.29) is 16.8 Å². The second-order valence-electron chi connectivity index (χ2n) is 9.89. The van der Waals surface area contributed by atoms with Crippen molar-refractivity contribution >= 4 is 28.2 Å². The molecule has 2 aliphatic rings. The fourth-order valence-electron chi connectivity index (χ4n) is 5.57. The van der Waals surface area contributed by atoms with Gasteiger partial charge in [-0.2, -0.15) is 0 Å². The number of aryl methyl sites for hydroxylation is 1. The maximum absolute atomic E-state index is 13.6. The summed E-state index contributed by atoms with van der Waals surface area (Å²) in [6.45, 7) is 6.06. The first-order valence-electron chi connectivity index (χ1n) is 13.1. The van der Waals surface area contributed by atoms with Crippen molar-refractivity contribution in [2.24, 2.45) is 5.92 Å². The number of aromatic nitrogens is 1. The summed E-state index contributed by atoms with van der Waals surface area (Å²) in [6.07, 6.45) is 12.5. The van der Waals surface area contributed by atoms with Gasteiger partial charge in [-0.1, -0.05) is 68.5 Å². The van der Waals surface area contributed by atoms with Gasteiger partial charge in [-0.25, -0.2) is 0 Å². The largest absolute Gasteiger partial charge is 0.733 e. The fourth-order valence-corrected chi connectivity index (χ4v) is 5.57. The quantitative estimate of drug-likeness (QED) is 0.337. The first kappa shape index (κ1) is 26.0. The van der Waals surface area contributed by atoms with E-state index in [9.17, 15) is 20.0 Å². The van der Waals surface area contributed by atoms with Gasteiger partial charge in [0, 0.05) is 43.7 Å². The van der Waals surface area contributed by atoms with Crippen LogP contribution in [0.25, 0.3) is 10.9 Å². The number of pyridine rings is 1. The van der Waals surface area contributed by atoms with E-state index in [0.29, 0.717) is 49.9 Å². The molecule has 1 aliphatic heterocycles. The maximum atomic E-state index is 13.6. The van der Waals surface area contributed by atoms with Crippen molar-refractivity contribution < 1.29 is 10.0 Å². The van der Waals surface area contributed by atoms with Gasteiger partial charge in [-0.05, 0) is 32.3 Å². The van der Waals surface area contributed by atoms with Crippen molar-refractivity contribution in [1.82, 2.24) is 9.47 Å². The Bertz CT molecular complexity index is 1190. The van der Waals surface area contributed by atoms with Crippen LogP contribution in [0.3, 0.4) is 0 Å². The van der Waals surface area contributed by atoms with Crippen molar-refractivity contribution in [2.45, 2.75) is 58.9 Å². The van der Waals surface area contributed by atoms with E-state index >= 15 is 0 Å². The van der Waals surface area contributed by atoms with Crippen LogP contribution in [0.1, 0.15) is 52.4 Å². The number of carbonyl (C=O) groups is 1. The lowest BCUT2D eigenvalue weighted by Gasteiger charge is -2.39. The van der Waals surface area contributed by atoms with Crippen LogP contribution in [0, 0.1) is 11.1 Å². The smallest absolute Gasteiger partial charge is 0.278 e. The third-order valence-corrected chi connectivity index (χ3v) is 7.56. The van der Waals surface area contributed by atoms with E-state index in [1.165, 1.54) is 32.1 Å². The first-order chi connectivity index (χ1) is 17.4. The molecule has 0 unspecified atom stereocenters. The van der Waals surface area contributed by atoms with Gasteiger partial charge < -0.3 is 24.8 Å². The minimum absolute atomic E-state index is 0.0245. The molecule has 194 valence electrons. The second-order valence-corrected chi connectivity index (χ2v) is 9.89. The number of fused-ring (bicyclic) bond motifs is 1. The highest BCUT2D eigenvalue weighted by atomic mass is 16.8. The second kappa shape index (κ2) is 11.8. The van der Waals surface area contributed by atoms with Crippen LogP contribution in [0.4, 0.5) is 11.4 Å². The molecular weight excluding hydrogens is 456 g/mol. The number of amides is 1. The van der Waals surface area contributed by atoms with E-state index in [0.717, 1.165) is 17.3 Å². The lowest BCUT2D eigenvalue weighted by molar-refractivity contribution is -0.127. The highest BCUT2D eigenvalue weighted by Crippen LogP contribution is 2.35. The molecule has 0 atom stereocenters. The summed E-state index contributed by atoms with van der Waals surface area (Å²) in [5.41, 5.74) is 1.15. The summed E-state index contributed by atoms with van der Waals surface area (Å²) in [5.74, 6) is 0.560. The van der Waals surface area contributed by atoms with Gasteiger partial charge in [0.2, 0.25) is 5.91 Å². The molecule has 2 aromatic rings. The molecule has 0 spiro atoms. The number of anilines is 2. The molecule has 0 bridgehead atoms. The predicted octanol–water partition coefficient (Wildman–Crippen LogP) is 4.84. The molecule has 8 heteroatoms. The Hall–Kier alpha value is -3.10. The number of hydrogen-bond donors (Lipinski definition) is 1. The molecule has 36 heavy (non-hydrogen) atoms. The van der Waals surface area contributed by atoms with Crippen LogP contribution in [-0.4, -0.2) is 46.8 Å². The Morgan fingerprint density at radius 2 is 1.83 bits per heavy atom. The molecule has 8 nitrogen and oxygen atoms in total. The third-order valence-electron chi connectivity index (χ3n) is 7.56. The normalized spacial score (nSPS) is 17.8. The Balaban J connectivity index is 1.64. The Kier molecular flexibility index (Phi) is 8.48. The highest BCUT2D eigenvalue weighted by molar-refractivity contribution is 5.99. The number of benzene rings is 1. The standard InChI is InChI=1S/C28H37N4O4/c1-3-4-10-21(2)27(33)30-19-17-29(18-20-30)25-23-13-8-9-14-24(23)31(28(34)26(25)32(35)36)16-15-22-11-6-5-7-12-22/h3-4,8-10,13-14,22,35H,5-7,11-12,15-20H2,1-2H3/q-1/b4-3-,21-10+. The summed E-state index contributed by atoms with van der Waals surface area (Å²) in [4.78, 5) is 30.1. The van der Waals surface area contributed by atoms with Gasteiger partial charge >= 0.3 is 0 Å². The average Bonchev–Trinajstić information content (AvgIpc) is 2.90. The van der Waals surface area contributed by atoms with E-state index in [1.54, 1.807) is 22.5 Å². The molecule has 1 aliphatic carbocycles. The van der Waals surface area contributed by atoms with Crippen LogP contribution >= 0.6 is 0 Å². The number of piperazine rings is 1. The van der Waals surface area contributed by atoms with Gasteiger partial charge in [0.1, 0.15) is 5.69 Å². The topological polar surface area (TPSA) is 92.1 Å². The molecule has 1 N–H and O–H groups in total. The molecular formula is C28H37N4O4-. The lowest BCUT2D eigenvalue weighted by atomic mass is 9.87. The fraction of sp³-hybridized carbons (Fsp3) is 0.500. The predicted molar refractivity (Wildman–Crippen MR) is 144 cm³/mol. The van der Waals surface area contributed by atoms with E-state index < -0.39 is 5.56 Å². The van der Waals surface area contributed by atoms with Crippen LogP contribution in [0.15, 0.2) is 52.9 Å². The number of para-hydroxylation sites is 1. The molecule has 1 saturated heterocycles. The average molecular weight is 494 g/mol. The Labute approximate surface area is 212 Å². The molecule has 1 saturated carbocycles. The lowest BCUT2D eigenvalue weighted by Crippen LogP contribution is -2.49. The Morgan fingerprint density at radius 3 is 2.50 bits per heavy atom. The number of hydrogen-bond acceptors (Lipinski definition) is 6. The summed E-state index contributed by atoms with van der Waals surface area (Å²) >= 11 is 0. The Morgan fingerprint density at radius 1 is 1.14 bits per heavy atom. The van der Waals surface area contributed by atoms with Gasteiger partial charge in [0.05, 0.1) is 11.2 Å². The summed E-state index contributed by atoms with van der Waals surface area (Å²) < 4.78 is 1.65. The summed E-state index contributed by atoms with van der Waals surface area (Å²) in [6, 6.07) is 7.59. The van der Waals surface area contributed by atoms with E-state index in [4.69, 9.17) is 0 Å². The zero-order valence-corrected chi connectivity index (χ0v) is 21.4. The molecule has 1 amide bonds. The molecule has 2 heterocycles. The van der Waals surface area contributed by atoms with Crippen LogP contribution in [0.2, 0.25) is 0 Å². The number of allylic oxidation sites excluding steroid dienone is 3. The maximum Gasteiger partial charge on any atom is 0.278 e. The van der Waals surface area contributed by atoms with Gasteiger partial charge in [-0.3, -0.25) is 14.8 Å². The van der Waals surface area contributed by atoms with E-state index in [2.05, 4.69) is 0 Å². The minimum atomic E-state index is -0.472. The number of rotatable bonds is 7. The van der Waals surface area contributed by atoms with Crippen LogP contribution in [-0.2, 0) is 11.3 Å². The van der Waals surface area contributed by atoms with Gasteiger partial charge in [-0.15, -0.1) is 0 Å². The summed E-state index contributed by atoms with van der Waals surface area (Å²) in [7, 11) is 0. The molecule has 1 aromatic carbocycles. The van der Waals surface area contributed by atoms with Crippen molar-refractivity contribution in [1.29, 1.82) is 0 Å². The van der Waals surface area contributed by atoms with Gasteiger partial charge in [0.25, 0.3) is 5.56 Å². The first-order valence-corrected chi connectivity index (χ1v) is 13.1. The van der Waals surface area contributed by atoms with Crippen molar-refractivity contribution in [3.63, 3.8) is 0 Å². The third kappa shape index (κ3) is 5.50. The zero-order chi connectivity index (χ0) is 25.7. The monoisotopic (exact) mass is 493 g/mol. The van der Waals surface area contributed by atoms with Crippen molar-refractivity contribution in [3.8, 4) is 0 Å². The van der Waals surface area contributed by atoms with Crippen LogP contribution in [0.5, 0.6) is 0 Å². The van der Waals surface area contributed by atoms with Crippen molar-refractivity contribution in [2.75, 3.05) is 36.3 Å². The minimum Gasteiger partial charge on any atom is -0.733 e. The highest BCUT2D eigenvalue weighted by Gasteiger charge is 2.27. The van der Waals surface area contributed by atoms with Gasteiger partial charge in [0.15, 0.2) is 0 Å². The van der Waals surface area contributed by atoms with Crippen LogP contribution < -0.4 is 15.7 Å². The van der Waals surface area contributed by atoms with E-state index in [1.807, 2.05) is 48.2 Å². The summed E-state index contributed by atoms with van der Waals surface area (Å²) in [5, 5.41) is 22.9. The zero-order valence-electron chi connectivity index (χ0n) is 21.4. The molecule has 0 radical (unpaired) electrons. The SMILES string of the molecule is C/C=C\C=C(/C)C(=O)N1CCN(c2c(N([O-])O)c(=O)n(CCC3CCCCC3)c3ccccc23)CC1. The number of carbonyl (C=O) groups excluding carboxylic acids is 1. The molecule has 4 rings (SSSR count). The van der Waals surface area contributed by atoms with Crippen molar-refractivity contribution in [3.05, 3.63) is 63.6 Å².